The fourth-order valence-electron chi connectivity index (χ4n) is 1.46. The van der Waals surface area contributed by atoms with E-state index in [2.05, 4.69) is 5.32 Å². The highest BCUT2D eigenvalue weighted by Gasteiger charge is 2.19. The van der Waals surface area contributed by atoms with E-state index in [0.29, 0.717) is 0 Å². The number of allylic oxidation sites excluding steroid dienone is 1. The number of rotatable bonds is 5. The van der Waals surface area contributed by atoms with Crippen molar-refractivity contribution in [3.05, 3.63) is 46.4 Å². The minimum Gasteiger partial charge on any atom is -0.480 e. The zero-order valence-corrected chi connectivity index (χ0v) is 10.8. The highest BCUT2D eigenvalue weighted by atomic mass is 16.4. The van der Waals surface area contributed by atoms with Gasteiger partial charge in [-0.05, 0) is 19.4 Å². The number of nitrogens with one attached hydrogen (secondary N) is 1. The van der Waals surface area contributed by atoms with Crippen LogP contribution in [0.3, 0.4) is 0 Å². The van der Waals surface area contributed by atoms with Gasteiger partial charge in [-0.1, -0.05) is 12.2 Å². The molecule has 102 valence electrons. The lowest BCUT2D eigenvalue weighted by atomic mass is 10.1. The zero-order valence-electron chi connectivity index (χ0n) is 10.8. The third-order valence-corrected chi connectivity index (χ3v) is 2.56. The number of hydrogen-bond acceptors (Lipinski definition) is 3. The summed E-state index contributed by atoms with van der Waals surface area (Å²) in [7, 11) is 1.52. The molecule has 0 aliphatic heterocycles. The largest absolute Gasteiger partial charge is 0.480 e. The quantitative estimate of drug-likeness (QED) is 0.759. The average molecular weight is 264 g/mol. The summed E-state index contributed by atoms with van der Waals surface area (Å²) in [6.45, 7) is 1.77. The molecule has 2 N–H and O–H groups in total. The highest BCUT2D eigenvalue weighted by molar-refractivity contribution is 5.96. The first-order chi connectivity index (χ1) is 8.95. The van der Waals surface area contributed by atoms with Gasteiger partial charge < -0.3 is 15.0 Å². The van der Waals surface area contributed by atoms with Crippen molar-refractivity contribution in [3.8, 4) is 0 Å². The van der Waals surface area contributed by atoms with Gasteiger partial charge >= 0.3 is 5.97 Å². The van der Waals surface area contributed by atoms with Gasteiger partial charge in [0.2, 0.25) is 5.56 Å². The van der Waals surface area contributed by atoms with E-state index in [1.165, 1.54) is 29.9 Å². The van der Waals surface area contributed by atoms with Gasteiger partial charge in [0, 0.05) is 19.3 Å². The minimum atomic E-state index is -1.10. The van der Waals surface area contributed by atoms with Gasteiger partial charge in [-0.15, -0.1) is 0 Å². The molecule has 0 fully saturated rings. The minimum absolute atomic E-state index is 0.212. The molecule has 0 aliphatic rings. The maximum Gasteiger partial charge on any atom is 0.326 e. The van der Waals surface area contributed by atoms with Crippen LogP contribution in [0.2, 0.25) is 0 Å². The summed E-state index contributed by atoms with van der Waals surface area (Å²) in [6, 6.07) is 1.64. The van der Waals surface area contributed by atoms with E-state index in [1.807, 2.05) is 0 Å². The smallest absolute Gasteiger partial charge is 0.326 e. The van der Waals surface area contributed by atoms with E-state index in [1.54, 1.807) is 19.1 Å². The first-order valence-electron chi connectivity index (χ1n) is 5.77. The Morgan fingerprint density at radius 3 is 2.68 bits per heavy atom. The van der Waals surface area contributed by atoms with E-state index in [0.717, 1.165) is 0 Å². The van der Waals surface area contributed by atoms with Crippen molar-refractivity contribution in [2.45, 2.75) is 19.4 Å². The van der Waals surface area contributed by atoms with Crippen molar-refractivity contribution < 1.29 is 14.7 Å². The lowest BCUT2D eigenvalue weighted by molar-refractivity contribution is -0.139. The fraction of sp³-hybridized carbons (Fsp3) is 0.308. The summed E-state index contributed by atoms with van der Waals surface area (Å²) in [4.78, 5) is 34.1. The Kier molecular flexibility index (Phi) is 5.05. The average Bonchev–Trinajstić information content (AvgIpc) is 2.37. The molecule has 0 bridgehead atoms. The van der Waals surface area contributed by atoms with E-state index in [4.69, 9.17) is 5.11 Å². The van der Waals surface area contributed by atoms with Gasteiger partial charge in [-0.2, -0.15) is 0 Å². The maximum absolute atomic E-state index is 11.9. The standard InChI is InChI=1S/C13H16N2O4/c1-3-4-5-10(13(18)19)14-12(17)9-6-7-11(16)15(2)8-9/h3-4,6-8,10H,5H2,1-2H3,(H,14,17)(H,18,19)/b4-3+. The summed E-state index contributed by atoms with van der Waals surface area (Å²) < 4.78 is 1.26. The van der Waals surface area contributed by atoms with Crippen LogP contribution in [-0.2, 0) is 11.8 Å². The molecule has 6 nitrogen and oxygen atoms in total. The van der Waals surface area contributed by atoms with Crippen LogP contribution < -0.4 is 10.9 Å². The molecule has 1 amide bonds. The molecule has 1 heterocycles. The first kappa shape index (κ1) is 14.7. The van der Waals surface area contributed by atoms with E-state index >= 15 is 0 Å². The Morgan fingerprint density at radius 2 is 2.16 bits per heavy atom. The van der Waals surface area contributed by atoms with Crippen LogP contribution >= 0.6 is 0 Å². The molecule has 0 saturated heterocycles. The molecule has 1 aromatic heterocycles. The number of carboxylic acid groups (broad SMARTS) is 1. The van der Waals surface area contributed by atoms with Crippen LogP contribution in [0.4, 0.5) is 0 Å². The van der Waals surface area contributed by atoms with Crippen molar-refractivity contribution in [2.24, 2.45) is 7.05 Å². The first-order valence-corrected chi connectivity index (χ1v) is 5.77. The van der Waals surface area contributed by atoms with Gasteiger partial charge in [-0.3, -0.25) is 9.59 Å². The molecule has 0 aromatic carbocycles. The number of aliphatic carboxylic acids is 1. The van der Waals surface area contributed by atoms with Crippen LogP contribution in [0.15, 0.2) is 35.3 Å². The zero-order chi connectivity index (χ0) is 14.4. The molecule has 1 atom stereocenters. The SMILES string of the molecule is C/C=C/CC(NC(=O)c1ccc(=O)n(C)c1)C(=O)O. The van der Waals surface area contributed by atoms with Crippen LogP contribution in [0.5, 0.6) is 0 Å². The van der Waals surface area contributed by atoms with Crippen molar-refractivity contribution in [3.63, 3.8) is 0 Å². The predicted molar refractivity (Wildman–Crippen MR) is 70.0 cm³/mol. The highest BCUT2D eigenvalue weighted by Crippen LogP contribution is 2.00. The van der Waals surface area contributed by atoms with Gasteiger partial charge in [0.05, 0.1) is 5.56 Å². The molecule has 0 saturated carbocycles. The molecule has 0 aliphatic carbocycles. The normalized spacial score (nSPS) is 12.3. The number of aromatic nitrogens is 1. The Hall–Kier alpha value is -2.37. The van der Waals surface area contributed by atoms with Crippen molar-refractivity contribution in [1.29, 1.82) is 0 Å². The summed E-state index contributed by atoms with van der Waals surface area (Å²) in [6.07, 6.45) is 4.96. The second kappa shape index (κ2) is 6.53. The van der Waals surface area contributed by atoms with E-state index in [-0.39, 0.29) is 17.5 Å². The van der Waals surface area contributed by atoms with E-state index in [9.17, 15) is 14.4 Å². The second-order valence-corrected chi connectivity index (χ2v) is 4.04. The summed E-state index contributed by atoms with van der Waals surface area (Å²) >= 11 is 0. The Labute approximate surface area is 110 Å². The van der Waals surface area contributed by atoms with Crippen molar-refractivity contribution in [2.75, 3.05) is 0 Å². The third kappa shape index (κ3) is 4.09. The number of carbonyl (C=O) groups is 2. The molecular formula is C13H16N2O4. The van der Waals surface area contributed by atoms with Crippen LogP contribution in [0.25, 0.3) is 0 Å². The fourth-order valence-corrected chi connectivity index (χ4v) is 1.46. The van der Waals surface area contributed by atoms with Gasteiger partial charge in [0.15, 0.2) is 0 Å². The second-order valence-electron chi connectivity index (χ2n) is 4.04. The summed E-state index contributed by atoms with van der Waals surface area (Å²) in [5.41, 5.74) is 0.00841. The number of pyridine rings is 1. The Balaban J connectivity index is 2.84. The number of amides is 1. The number of nitrogens with zero attached hydrogens (tertiary/aromatic N) is 1. The topological polar surface area (TPSA) is 88.4 Å². The lowest BCUT2D eigenvalue weighted by Gasteiger charge is -2.12. The predicted octanol–water partition coefficient (Wildman–Crippen LogP) is 0.534. The monoisotopic (exact) mass is 264 g/mol. The van der Waals surface area contributed by atoms with Crippen LogP contribution in [-0.4, -0.2) is 27.6 Å². The lowest BCUT2D eigenvalue weighted by Crippen LogP contribution is -2.40. The molecule has 0 radical (unpaired) electrons. The number of aryl methyl sites for hydroxylation is 1. The van der Waals surface area contributed by atoms with Crippen molar-refractivity contribution >= 4 is 11.9 Å². The molecule has 6 heteroatoms. The third-order valence-electron chi connectivity index (χ3n) is 2.56. The molecule has 1 unspecified atom stereocenters. The number of carboxylic acids is 1. The Morgan fingerprint density at radius 1 is 1.47 bits per heavy atom. The van der Waals surface area contributed by atoms with Gasteiger partial charge in [0.25, 0.3) is 5.91 Å². The van der Waals surface area contributed by atoms with E-state index < -0.39 is 17.9 Å². The van der Waals surface area contributed by atoms with Gasteiger partial charge in [-0.25, -0.2) is 4.79 Å². The maximum atomic E-state index is 11.9. The van der Waals surface area contributed by atoms with Gasteiger partial charge in [0.1, 0.15) is 6.04 Å². The van der Waals surface area contributed by atoms with Crippen LogP contribution in [0, 0.1) is 0 Å². The number of hydrogen-bond donors (Lipinski definition) is 2. The molecule has 0 spiro atoms. The molecule has 19 heavy (non-hydrogen) atoms. The summed E-state index contributed by atoms with van der Waals surface area (Å²) in [5.74, 6) is -1.62. The molecular weight excluding hydrogens is 248 g/mol. The summed E-state index contributed by atoms with van der Waals surface area (Å²) in [5, 5.41) is 11.4. The molecule has 1 rings (SSSR count). The Bertz CT molecular complexity index is 560. The van der Waals surface area contributed by atoms with Crippen molar-refractivity contribution in [1.82, 2.24) is 9.88 Å². The molecule has 1 aromatic rings. The number of carbonyl (C=O) groups excluding carboxylic acids is 1. The van der Waals surface area contributed by atoms with Crippen LogP contribution in [0.1, 0.15) is 23.7 Å².